The standard InChI is InChI=1S/C29H36N4O6/c1-31(29(35)36)18-21-14-24-19(15-27(21)38-3)8-9-33(28(34)32-10-12-39-13-11-32)26(24)7-4-20-17-30-25-6-5-22(37-2)16-23(20)25/h5-6,14-17,26,30H,4,7-13,18H2,1-3H3,(H,35,36). The highest BCUT2D eigenvalue weighted by Crippen LogP contribution is 2.39. The molecule has 1 atom stereocenters. The Kier molecular flexibility index (Phi) is 7.83. The van der Waals surface area contributed by atoms with E-state index in [9.17, 15) is 14.7 Å². The summed E-state index contributed by atoms with van der Waals surface area (Å²) >= 11 is 0. The van der Waals surface area contributed by atoms with Crippen LogP contribution in [0.1, 0.15) is 34.7 Å². The zero-order valence-corrected chi connectivity index (χ0v) is 22.7. The van der Waals surface area contributed by atoms with Crippen LogP contribution >= 0.6 is 0 Å². The lowest BCUT2D eigenvalue weighted by Gasteiger charge is -2.41. The molecule has 10 nitrogen and oxygen atoms in total. The molecule has 3 heterocycles. The van der Waals surface area contributed by atoms with Gasteiger partial charge in [0.25, 0.3) is 0 Å². The lowest BCUT2D eigenvalue weighted by Crippen LogP contribution is -2.51. The van der Waals surface area contributed by atoms with E-state index in [1.54, 1.807) is 14.2 Å². The van der Waals surface area contributed by atoms with Gasteiger partial charge in [-0.3, -0.25) is 0 Å². The van der Waals surface area contributed by atoms with Gasteiger partial charge in [-0.15, -0.1) is 0 Å². The highest BCUT2D eigenvalue weighted by atomic mass is 16.5. The number of aromatic amines is 1. The summed E-state index contributed by atoms with van der Waals surface area (Å²) in [7, 11) is 4.80. The van der Waals surface area contributed by atoms with E-state index < -0.39 is 6.09 Å². The molecule has 0 spiro atoms. The molecular weight excluding hydrogens is 500 g/mol. The number of aromatic nitrogens is 1. The third-order valence-corrected chi connectivity index (χ3v) is 7.82. The molecule has 2 N–H and O–H groups in total. The van der Waals surface area contributed by atoms with Gasteiger partial charge >= 0.3 is 12.1 Å². The van der Waals surface area contributed by atoms with Gasteiger partial charge in [-0.25, -0.2) is 9.59 Å². The molecule has 0 aliphatic carbocycles. The number of H-pyrrole nitrogens is 1. The van der Waals surface area contributed by atoms with E-state index in [0.29, 0.717) is 51.4 Å². The third-order valence-electron chi connectivity index (χ3n) is 7.82. The summed E-state index contributed by atoms with van der Waals surface area (Å²) in [5.41, 5.74) is 5.16. The van der Waals surface area contributed by atoms with E-state index in [-0.39, 0.29) is 18.6 Å². The number of hydrogen-bond acceptors (Lipinski definition) is 5. The summed E-state index contributed by atoms with van der Waals surface area (Å²) < 4.78 is 16.6. The number of methoxy groups -OCH3 is 2. The number of nitrogens with one attached hydrogen (secondary N) is 1. The van der Waals surface area contributed by atoms with Crippen molar-refractivity contribution in [1.29, 1.82) is 0 Å². The number of urea groups is 1. The topological polar surface area (TPSA) is 108 Å². The predicted molar refractivity (Wildman–Crippen MR) is 147 cm³/mol. The Morgan fingerprint density at radius 3 is 2.62 bits per heavy atom. The Morgan fingerprint density at radius 1 is 1.10 bits per heavy atom. The second kappa shape index (κ2) is 11.4. The van der Waals surface area contributed by atoms with Gasteiger partial charge < -0.3 is 39.0 Å². The molecule has 2 aliphatic rings. The van der Waals surface area contributed by atoms with Gasteiger partial charge in [-0.2, -0.15) is 0 Å². The van der Waals surface area contributed by atoms with E-state index in [2.05, 4.69) is 4.98 Å². The molecule has 1 aromatic heterocycles. The predicted octanol–water partition coefficient (Wildman–Crippen LogP) is 4.28. The molecule has 1 saturated heterocycles. The van der Waals surface area contributed by atoms with Crippen molar-refractivity contribution in [3.05, 3.63) is 58.8 Å². The van der Waals surface area contributed by atoms with Crippen molar-refractivity contribution in [3.8, 4) is 11.5 Å². The lowest BCUT2D eigenvalue weighted by atomic mass is 9.87. The number of carboxylic acid groups (broad SMARTS) is 1. The van der Waals surface area contributed by atoms with Gasteiger partial charge in [-0.05, 0) is 66.3 Å². The fourth-order valence-corrected chi connectivity index (χ4v) is 5.67. The molecule has 1 fully saturated rings. The minimum Gasteiger partial charge on any atom is -0.497 e. The molecule has 39 heavy (non-hydrogen) atoms. The first-order valence-electron chi connectivity index (χ1n) is 13.3. The summed E-state index contributed by atoms with van der Waals surface area (Å²) in [4.78, 5) is 33.8. The minimum atomic E-state index is -1.01. The van der Waals surface area contributed by atoms with Crippen LogP contribution in [0.25, 0.3) is 10.9 Å². The van der Waals surface area contributed by atoms with Crippen LogP contribution in [0, 0.1) is 0 Å². The molecule has 208 valence electrons. The van der Waals surface area contributed by atoms with Crippen LogP contribution in [-0.4, -0.2) is 91.0 Å². The minimum absolute atomic E-state index is 0.0227. The number of aryl methyl sites for hydroxylation is 1. The summed E-state index contributed by atoms with van der Waals surface area (Å²) in [5, 5.41) is 10.6. The number of carbonyl (C=O) groups is 2. The van der Waals surface area contributed by atoms with Crippen LogP contribution in [0.5, 0.6) is 11.5 Å². The van der Waals surface area contributed by atoms with Crippen molar-refractivity contribution in [2.45, 2.75) is 31.8 Å². The normalized spacial score (nSPS) is 17.2. The van der Waals surface area contributed by atoms with Crippen LogP contribution in [0.15, 0.2) is 36.5 Å². The molecule has 10 heteroatoms. The summed E-state index contributed by atoms with van der Waals surface area (Å²) in [6.07, 6.45) is 3.19. The summed E-state index contributed by atoms with van der Waals surface area (Å²) in [6, 6.07) is 9.90. The van der Waals surface area contributed by atoms with Gasteiger partial charge in [0.1, 0.15) is 11.5 Å². The number of nitrogens with zero attached hydrogens (tertiary/aromatic N) is 3. The number of hydrogen-bond donors (Lipinski definition) is 2. The SMILES string of the molecule is COc1ccc2[nH]cc(CCC3c4cc(CN(C)C(=O)O)c(OC)cc4CCN3C(=O)N3CCOCC3)c2c1. The molecule has 0 radical (unpaired) electrons. The maximum absolute atomic E-state index is 13.8. The fraction of sp³-hybridized carbons (Fsp3) is 0.448. The van der Waals surface area contributed by atoms with Crippen LogP contribution < -0.4 is 9.47 Å². The average molecular weight is 537 g/mol. The van der Waals surface area contributed by atoms with Crippen molar-refractivity contribution >= 4 is 23.0 Å². The second-order valence-electron chi connectivity index (χ2n) is 10.1. The quantitative estimate of drug-likeness (QED) is 0.467. The number of ether oxygens (including phenoxy) is 3. The molecule has 0 saturated carbocycles. The molecule has 5 rings (SSSR count). The van der Waals surface area contributed by atoms with E-state index in [0.717, 1.165) is 45.3 Å². The van der Waals surface area contributed by atoms with Gasteiger partial charge in [-0.1, -0.05) is 0 Å². The maximum atomic E-state index is 13.8. The zero-order valence-electron chi connectivity index (χ0n) is 22.7. The Bertz CT molecular complexity index is 1350. The Hall–Kier alpha value is -3.92. The first-order chi connectivity index (χ1) is 18.9. The van der Waals surface area contributed by atoms with E-state index >= 15 is 0 Å². The summed E-state index contributed by atoms with van der Waals surface area (Å²) in [5.74, 6) is 1.46. The zero-order chi connectivity index (χ0) is 27.5. The molecule has 1 unspecified atom stereocenters. The van der Waals surface area contributed by atoms with E-state index in [4.69, 9.17) is 14.2 Å². The molecule has 2 aliphatic heterocycles. The van der Waals surface area contributed by atoms with Crippen molar-refractivity contribution in [2.75, 3.05) is 54.1 Å². The van der Waals surface area contributed by atoms with Crippen LogP contribution in [0.4, 0.5) is 9.59 Å². The van der Waals surface area contributed by atoms with Crippen LogP contribution in [-0.2, 0) is 24.1 Å². The molecular formula is C29H36N4O6. The van der Waals surface area contributed by atoms with Crippen LogP contribution in [0.3, 0.4) is 0 Å². The van der Waals surface area contributed by atoms with Gasteiger partial charge in [0, 0.05) is 49.3 Å². The first kappa shape index (κ1) is 26.7. The monoisotopic (exact) mass is 536 g/mol. The molecule has 3 amide bonds. The number of benzene rings is 2. The Morgan fingerprint density at radius 2 is 1.90 bits per heavy atom. The lowest BCUT2D eigenvalue weighted by molar-refractivity contribution is 0.0376. The van der Waals surface area contributed by atoms with Crippen molar-refractivity contribution in [2.24, 2.45) is 0 Å². The maximum Gasteiger partial charge on any atom is 0.407 e. The average Bonchev–Trinajstić information content (AvgIpc) is 3.37. The van der Waals surface area contributed by atoms with Crippen molar-refractivity contribution < 1.29 is 28.9 Å². The van der Waals surface area contributed by atoms with Gasteiger partial charge in [0.05, 0.1) is 40.0 Å². The van der Waals surface area contributed by atoms with Crippen LogP contribution in [0.2, 0.25) is 0 Å². The second-order valence-corrected chi connectivity index (χ2v) is 10.1. The number of amides is 3. The smallest absolute Gasteiger partial charge is 0.407 e. The molecule has 3 aromatic rings. The summed E-state index contributed by atoms with van der Waals surface area (Å²) in [6.45, 7) is 3.04. The fourth-order valence-electron chi connectivity index (χ4n) is 5.67. The third kappa shape index (κ3) is 5.47. The highest BCUT2D eigenvalue weighted by Gasteiger charge is 2.34. The van der Waals surface area contributed by atoms with Gasteiger partial charge in [0.2, 0.25) is 0 Å². The number of rotatable bonds is 7. The highest BCUT2D eigenvalue weighted by molar-refractivity contribution is 5.84. The first-order valence-corrected chi connectivity index (χ1v) is 13.3. The van der Waals surface area contributed by atoms with Crippen molar-refractivity contribution in [3.63, 3.8) is 0 Å². The van der Waals surface area contributed by atoms with Gasteiger partial charge in [0.15, 0.2) is 0 Å². The Labute approximate surface area is 228 Å². The van der Waals surface area contributed by atoms with E-state index in [1.165, 1.54) is 11.9 Å². The molecule has 0 bridgehead atoms. The van der Waals surface area contributed by atoms with E-state index in [1.807, 2.05) is 46.3 Å². The number of fused-ring (bicyclic) bond motifs is 2. The Balaban J connectivity index is 1.50. The molecule has 2 aromatic carbocycles. The number of morpholine rings is 1. The number of carbonyl (C=O) groups excluding carboxylic acids is 1. The largest absolute Gasteiger partial charge is 0.497 e. The van der Waals surface area contributed by atoms with Crippen molar-refractivity contribution in [1.82, 2.24) is 19.7 Å².